The SMILES string of the molecule is Cc1ccc(C(=O)CC2CCOCC2)cc1C. The van der Waals surface area contributed by atoms with Gasteiger partial charge >= 0.3 is 0 Å². The van der Waals surface area contributed by atoms with E-state index in [1.54, 1.807) is 0 Å². The van der Waals surface area contributed by atoms with Crippen LogP contribution in [0.1, 0.15) is 40.7 Å². The van der Waals surface area contributed by atoms with Crippen LogP contribution < -0.4 is 0 Å². The van der Waals surface area contributed by atoms with E-state index in [2.05, 4.69) is 13.8 Å². The largest absolute Gasteiger partial charge is 0.381 e. The van der Waals surface area contributed by atoms with Crippen LogP contribution in [0.4, 0.5) is 0 Å². The van der Waals surface area contributed by atoms with Crippen LogP contribution in [-0.4, -0.2) is 19.0 Å². The first-order valence-electron chi connectivity index (χ1n) is 6.35. The molecular weight excluding hydrogens is 212 g/mol. The lowest BCUT2D eigenvalue weighted by Gasteiger charge is -2.21. The second kappa shape index (κ2) is 5.46. The van der Waals surface area contributed by atoms with Gasteiger partial charge in [-0.25, -0.2) is 0 Å². The minimum Gasteiger partial charge on any atom is -0.381 e. The summed E-state index contributed by atoms with van der Waals surface area (Å²) in [7, 11) is 0. The Morgan fingerprint density at radius 1 is 1.24 bits per heavy atom. The quantitative estimate of drug-likeness (QED) is 0.747. The van der Waals surface area contributed by atoms with Gasteiger partial charge in [0.2, 0.25) is 0 Å². The molecule has 0 saturated carbocycles. The molecule has 1 heterocycles. The molecular formula is C15H20O2. The molecule has 1 aliphatic heterocycles. The fourth-order valence-electron chi connectivity index (χ4n) is 2.25. The molecule has 0 radical (unpaired) electrons. The van der Waals surface area contributed by atoms with Crippen molar-refractivity contribution in [1.29, 1.82) is 0 Å². The van der Waals surface area contributed by atoms with Crippen LogP contribution in [0.2, 0.25) is 0 Å². The number of carbonyl (C=O) groups is 1. The first-order chi connectivity index (χ1) is 8.16. The number of hydrogen-bond donors (Lipinski definition) is 0. The molecule has 0 bridgehead atoms. The highest BCUT2D eigenvalue weighted by Gasteiger charge is 2.18. The number of benzene rings is 1. The summed E-state index contributed by atoms with van der Waals surface area (Å²) in [5, 5.41) is 0. The van der Waals surface area contributed by atoms with E-state index in [4.69, 9.17) is 4.74 Å². The van der Waals surface area contributed by atoms with Crippen molar-refractivity contribution in [2.45, 2.75) is 33.1 Å². The summed E-state index contributed by atoms with van der Waals surface area (Å²) in [6.45, 7) is 5.75. The minimum absolute atomic E-state index is 0.278. The number of Topliss-reactive ketones (excluding diaryl/α,β-unsaturated/α-hetero) is 1. The Kier molecular flexibility index (Phi) is 3.95. The second-order valence-corrected chi connectivity index (χ2v) is 4.98. The summed E-state index contributed by atoms with van der Waals surface area (Å²) >= 11 is 0. The van der Waals surface area contributed by atoms with Crippen molar-refractivity contribution in [2.24, 2.45) is 5.92 Å². The van der Waals surface area contributed by atoms with Crippen LogP contribution in [0.15, 0.2) is 18.2 Å². The minimum atomic E-state index is 0.278. The molecule has 17 heavy (non-hydrogen) atoms. The molecule has 1 aliphatic rings. The average Bonchev–Trinajstić information content (AvgIpc) is 2.34. The van der Waals surface area contributed by atoms with Gasteiger partial charge in [0, 0.05) is 25.2 Å². The normalized spacial score (nSPS) is 17.1. The van der Waals surface area contributed by atoms with Crippen LogP contribution >= 0.6 is 0 Å². The molecule has 0 aliphatic carbocycles. The molecule has 0 spiro atoms. The van der Waals surface area contributed by atoms with Gasteiger partial charge in [-0.15, -0.1) is 0 Å². The molecule has 0 N–H and O–H groups in total. The van der Waals surface area contributed by atoms with E-state index in [-0.39, 0.29) is 5.78 Å². The topological polar surface area (TPSA) is 26.3 Å². The highest BCUT2D eigenvalue weighted by molar-refractivity contribution is 5.96. The maximum absolute atomic E-state index is 12.1. The Bertz CT molecular complexity index is 403. The highest BCUT2D eigenvalue weighted by atomic mass is 16.5. The highest BCUT2D eigenvalue weighted by Crippen LogP contribution is 2.21. The smallest absolute Gasteiger partial charge is 0.163 e. The third-order valence-electron chi connectivity index (χ3n) is 3.64. The standard InChI is InChI=1S/C15H20O2/c1-11-3-4-14(9-12(11)2)15(16)10-13-5-7-17-8-6-13/h3-4,9,13H,5-8,10H2,1-2H3. The van der Waals surface area contributed by atoms with E-state index in [0.717, 1.165) is 31.6 Å². The van der Waals surface area contributed by atoms with Crippen molar-refractivity contribution in [3.05, 3.63) is 34.9 Å². The zero-order chi connectivity index (χ0) is 12.3. The molecule has 0 unspecified atom stereocenters. The Morgan fingerprint density at radius 3 is 2.59 bits per heavy atom. The first kappa shape index (κ1) is 12.3. The average molecular weight is 232 g/mol. The van der Waals surface area contributed by atoms with Crippen molar-refractivity contribution < 1.29 is 9.53 Å². The zero-order valence-electron chi connectivity index (χ0n) is 10.7. The Hall–Kier alpha value is -1.15. The molecule has 2 heteroatoms. The summed E-state index contributed by atoms with van der Waals surface area (Å²) in [4.78, 5) is 12.1. The van der Waals surface area contributed by atoms with E-state index in [9.17, 15) is 4.79 Å². The lowest BCUT2D eigenvalue weighted by atomic mass is 9.91. The van der Waals surface area contributed by atoms with Gasteiger partial charge < -0.3 is 4.74 Å². The molecule has 92 valence electrons. The van der Waals surface area contributed by atoms with Crippen LogP contribution in [0.25, 0.3) is 0 Å². The molecule has 2 nitrogen and oxygen atoms in total. The monoisotopic (exact) mass is 232 g/mol. The molecule has 1 saturated heterocycles. The lowest BCUT2D eigenvalue weighted by Crippen LogP contribution is -2.18. The molecule has 0 aromatic heterocycles. The second-order valence-electron chi connectivity index (χ2n) is 4.98. The number of ether oxygens (including phenoxy) is 1. The van der Waals surface area contributed by atoms with Gasteiger partial charge in [-0.05, 0) is 49.8 Å². The van der Waals surface area contributed by atoms with E-state index in [0.29, 0.717) is 12.3 Å². The van der Waals surface area contributed by atoms with Gasteiger partial charge in [-0.2, -0.15) is 0 Å². The van der Waals surface area contributed by atoms with Gasteiger partial charge in [0.05, 0.1) is 0 Å². The Balaban J connectivity index is 2.01. The van der Waals surface area contributed by atoms with Gasteiger partial charge in [0.1, 0.15) is 0 Å². The molecule has 0 atom stereocenters. The van der Waals surface area contributed by atoms with E-state index < -0.39 is 0 Å². The first-order valence-corrected chi connectivity index (χ1v) is 6.35. The van der Waals surface area contributed by atoms with Crippen molar-refractivity contribution >= 4 is 5.78 Å². The van der Waals surface area contributed by atoms with Crippen molar-refractivity contribution in [3.63, 3.8) is 0 Å². The van der Waals surface area contributed by atoms with Gasteiger partial charge in [-0.3, -0.25) is 4.79 Å². The maximum Gasteiger partial charge on any atom is 0.163 e. The van der Waals surface area contributed by atoms with Gasteiger partial charge in [-0.1, -0.05) is 12.1 Å². The molecule has 2 rings (SSSR count). The number of ketones is 1. The summed E-state index contributed by atoms with van der Waals surface area (Å²) in [5.74, 6) is 0.790. The predicted octanol–water partition coefficient (Wildman–Crippen LogP) is 3.30. The van der Waals surface area contributed by atoms with E-state index >= 15 is 0 Å². The van der Waals surface area contributed by atoms with E-state index in [1.807, 2.05) is 18.2 Å². The Morgan fingerprint density at radius 2 is 1.94 bits per heavy atom. The number of hydrogen-bond acceptors (Lipinski definition) is 2. The number of aryl methyl sites for hydroxylation is 2. The number of rotatable bonds is 3. The number of carbonyl (C=O) groups excluding carboxylic acids is 1. The summed E-state index contributed by atoms with van der Waals surface area (Å²) in [6, 6.07) is 5.99. The predicted molar refractivity (Wildman–Crippen MR) is 68.4 cm³/mol. The van der Waals surface area contributed by atoms with Crippen molar-refractivity contribution in [2.75, 3.05) is 13.2 Å². The van der Waals surface area contributed by atoms with Crippen molar-refractivity contribution in [1.82, 2.24) is 0 Å². The molecule has 1 fully saturated rings. The lowest BCUT2D eigenvalue weighted by molar-refractivity contribution is 0.0601. The van der Waals surface area contributed by atoms with Crippen LogP contribution in [-0.2, 0) is 4.74 Å². The third kappa shape index (κ3) is 3.16. The fraction of sp³-hybridized carbons (Fsp3) is 0.533. The third-order valence-corrected chi connectivity index (χ3v) is 3.64. The summed E-state index contributed by atoms with van der Waals surface area (Å²) < 4.78 is 5.31. The van der Waals surface area contributed by atoms with Gasteiger partial charge in [0.25, 0.3) is 0 Å². The summed E-state index contributed by atoms with van der Waals surface area (Å²) in [5.41, 5.74) is 3.30. The van der Waals surface area contributed by atoms with Gasteiger partial charge in [0.15, 0.2) is 5.78 Å². The molecule has 0 amide bonds. The van der Waals surface area contributed by atoms with Crippen molar-refractivity contribution in [3.8, 4) is 0 Å². The van der Waals surface area contributed by atoms with E-state index in [1.165, 1.54) is 11.1 Å². The Labute approximate surface area is 103 Å². The zero-order valence-corrected chi connectivity index (χ0v) is 10.7. The van der Waals surface area contributed by atoms with Crippen LogP contribution in [0, 0.1) is 19.8 Å². The maximum atomic E-state index is 12.1. The van der Waals surface area contributed by atoms with Crippen LogP contribution in [0.5, 0.6) is 0 Å². The molecule has 1 aromatic rings. The fourth-order valence-corrected chi connectivity index (χ4v) is 2.25. The molecule has 1 aromatic carbocycles. The van der Waals surface area contributed by atoms with Crippen LogP contribution in [0.3, 0.4) is 0 Å². The summed E-state index contributed by atoms with van der Waals surface area (Å²) in [6.07, 6.45) is 2.72.